The smallest absolute Gasteiger partial charge is 0.856 e. The Morgan fingerprint density at radius 3 is 2.64 bits per heavy atom. The van der Waals surface area contributed by atoms with E-state index in [1.54, 1.807) is 0 Å². The molecule has 0 atom stereocenters. The first-order chi connectivity index (χ1) is 4.75. The Labute approximate surface area is 84.7 Å². The quantitative estimate of drug-likeness (QED) is 0.407. The van der Waals surface area contributed by atoms with Crippen molar-refractivity contribution in [1.82, 2.24) is 20.7 Å². The van der Waals surface area contributed by atoms with Crippen LogP contribution >= 0.6 is 0 Å². The van der Waals surface area contributed by atoms with Gasteiger partial charge in [-0.25, -0.2) is 0 Å². The molecular weight excluding hydrogens is 159 g/mol. The van der Waals surface area contributed by atoms with E-state index in [2.05, 4.69) is 15.5 Å². The molecule has 2 N–H and O–H groups in total. The van der Waals surface area contributed by atoms with E-state index in [0.29, 0.717) is 0 Å². The molecule has 0 saturated heterocycles. The molecule has 0 aromatic carbocycles. The molecule has 0 aliphatic carbocycles. The average Bonchev–Trinajstić information content (AvgIpc) is 2.34. The summed E-state index contributed by atoms with van der Waals surface area (Å²) in [5.41, 5.74) is -0.206. The van der Waals surface area contributed by atoms with Crippen molar-refractivity contribution in [3.63, 3.8) is 0 Å². The van der Waals surface area contributed by atoms with Gasteiger partial charge in [-0.2, -0.15) is 15.4 Å². The Morgan fingerprint density at radius 2 is 2.27 bits per heavy atom. The van der Waals surface area contributed by atoms with Crippen LogP contribution in [0.5, 0.6) is 5.88 Å². The minimum atomic E-state index is -0.639. The molecule has 1 aromatic rings. The minimum absolute atomic E-state index is 0. The van der Waals surface area contributed by atoms with Crippen molar-refractivity contribution in [1.29, 1.82) is 0 Å². The number of amides is 1. The van der Waals surface area contributed by atoms with Crippen LogP contribution < -0.4 is 40.0 Å². The van der Waals surface area contributed by atoms with E-state index in [-0.39, 0.29) is 35.3 Å². The van der Waals surface area contributed by atoms with Crippen molar-refractivity contribution < 1.29 is 39.5 Å². The van der Waals surface area contributed by atoms with Crippen LogP contribution in [0.1, 0.15) is 10.5 Å². The summed E-state index contributed by atoms with van der Waals surface area (Å²) in [6, 6.07) is 0. The van der Waals surface area contributed by atoms with Gasteiger partial charge in [-0.1, -0.05) is 0 Å². The minimum Gasteiger partial charge on any atom is -0.856 e. The average molecular weight is 164 g/mol. The Balaban J connectivity index is 0.000001000. The van der Waals surface area contributed by atoms with Crippen molar-refractivity contribution in [2.75, 3.05) is 7.05 Å². The van der Waals surface area contributed by atoms with E-state index in [0.717, 1.165) is 0 Å². The second kappa shape index (κ2) is 4.32. The standard InChI is InChI=1S/C4H6N4O2.Na/c1-5-3(9)2-4(10)7-8-6-2;/h1H3,(H,5,9)(H2,6,7,8,10);/q;+1/p-1. The van der Waals surface area contributed by atoms with Gasteiger partial charge in [-0.15, -0.1) is 0 Å². The Bertz CT molecular complexity index is 248. The topological polar surface area (TPSA) is 93.7 Å². The van der Waals surface area contributed by atoms with Gasteiger partial charge in [0.25, 0.3) is 5.91 Å². The van der Waals surface area contributed by atoms with Crippen LogP contribution in [0.15, 0.2) is 0 Å². The zero-order valence-electron chi connectivity index (χ0n) is 6.21. The number of nitrogens with one attached hydrogen (secondary N) is 2. The molecule has 0 fully saturated rings. The van der Waals surface area contributed by atoms with Crippen LogP contribution in [0.3, 0.4) is 0 Å². The fourth-order valence-electron chi connectivity index (χ4n) is 0.487. The zero-order chi connectivity index (χ0) is 7.56. The van der Waals surface area contributed by atoms with Gasteiger partial charge in [0.15, 0.2) is 5.69 Å². The first kappa shape index (κ1) is 10.4. The molecule has 7 heteroatoms. The van der Waals surface area contributed by atoms with E-state index >= 15 is 0 Å². The number of carbonyl (C=O) groups is 1. The van der Waals surface area contributed by atoms with Gasteiger partial charge in [-0.3, -0.25) is 4.79 Å². The van der Waals surface area contributed by atoms with Crippen molar-refractivity contribution in [3.05, 3.63) is 5.69 Å². The first-order valence-corrected chi connectivity index (χ1v) is 2.55. The number of H-pyrrole nitrogens is 1. The third kappa shape index (κ3) is 2.18. The molecule has 0 aliphatic heterocycles. The Morgan fingerprint density at radius 1 is 1.64 bits per heavy atom. The predicted octanol–water partition coefficient (Wildman–Crippen LogP) is -4.76. The molecular formula is C4H5N4NaO2. The molecule has 0 radical (unpaired) electrons. The van der Waals surface area contributed by atoms with Gasteiger partial charge >= 0.3 is 29.6 Å². The molecule has 11 heavy (non-hydrogen) atoms. The van der Waals surface area contributed by atoms with Gasteiger partial charge < -0.3 is 10.4 Å². The van der Waals surface area contributed by atoms with Crippen molar-refractivity contribution in [2.24, 2.45) is 0 Å². The van der Waals surface area contributed by atoms with E-state index < -0.39 is 11.8 Å². The third-order valence-electron chi connectivity index (χ3n) is 0.958. The van der Waals surface area contributed by atoms with Gasteiger partial charge in [0.05, 0.1) is 0 Å². The molecule has 0 bridgehead atoms. The Kier molecular flexibility index (Phi) is 4.09. The Hall–Kier alpha value is -0.590. The summed E-state index contributed by atoms with van der Waals surface area (Å²) >= 11 is 0. The van der Waals surface area contributed by atoms with Crippen LogP contribution in [0.25, 0.3) is 0 Å². The molecule has 1 rings (SSSR count). The van der Waals surface area contributed by atoms with Gasteiger partial charge in [0, 0.05) is 12.9 Å². The predicted molar refractivity (Wildman–Crippen MR) is 29.2 cm³/mol. The molecule has 1 heterocycles. The van der Waals surface area contributed by atoms with E-state index in [1.165, 1.54) is 7.05 Å². The molecule has 0 unspecified atom stereocenters. The molecule has 6 nitrogen and oxygen atoms in total. The number of hydrogen-bond donors (Lipinski definition) is 2. The normalized spacial score (nSPS) is 8.45. The fraction of sp³-hybridized carbons (Fsp3) is 0.250. The summed E-state index contributed by atoms with van der Waals surface area (Å²) in [6.07, 6.45) is 0. The van der Waals surface area contributed by atoms with Crippen LogP contribution in [0.4, 0.5) is 0 Å². The number of aromatic amines is 1. The van der Waals surface area contributed by atoms with Crippen LogP contribution in [0.2, 0.25) is 0 Å². The number of aromatic nitrogens is 3. The monoisotopic (exact) mass is 164 g/mol. The van der Waals surface area contributed by atoms with E-state index in [9.17, 15) is 9.90 Å². The summed E-state index contributed by atoms with van der Waals surface area (Å²) in [7, 11) is 1.41. The number of rotatable bonds is 1. The zero-order valence-corrected chi connectivity index (χ0v) is 8.21. The third-order valence-corrected chi connectivity index (χ3v) is 0.958. The second-order valence-corrected chi connectivity index (χ2v) is 1.56. The van der Waals surface area contributed by atoms with Crippen molar-refractivity contribution >= 4 is 5.91 Å². The molecule has 0 spiro atoms. The molecule has 1 amide bonds. The molecule has 0 saturated carbocycles. The SMILES string of the molecule is CNC(=O)c1n[nH]nc1[O-].[Na+]. The number of hydrogen-bond acceptors (Lipinski definition) is 4. The summed E-state index contributed by atoms with van der Waals surface area (Å²) in [4.78, 5) is 10.7. The molecule has 54 valence electrons. The number of carbonyl (C=O) groups excluding carboxylic acids is 1. The van der Waals surface area contributed by atoms with Crippen LogP contribution in [-0.4, -0.2) is 28.4 Å². The summed E-state index contributed by atoms with van der Waals surface area (Å²) < 4.78 is 0. The molecule has 0 aliphatic rings. The number of nitrogens with zero attached hydrogens (tertiary/aromatic N) is 2. The fourth-order valence-corrected chi connectivity index (χ4v) is 0.487. The van der Waals surface area contributed by atoms with Gasteiger partial charge in [-0.05, 0) is 0 Å². The second-order valence-electron chi connectivity index (χ2n) is 1.56. The maximum atomic E-state index is 10.7. The largest absolute Gasteiger partial charge is 1.00 e. The van der Waals surface area contributed by atoms with Gasteiger partial charge in [0.1, 0.15) is 0 Å². The van der Waals surface area contributed by atoms with E-state index in [4.69, 9.17) is 0 Å². The molecule has 1 aromatic heterocycles. The maximum absolute atomic E-state index is 10.7. The van der Waals surface area contributed by atoms with E-state index in [1.807, 2.05) is 5.21 Å². The van der Waals surface area contributed by atoms with Crippen molar-refractivity contribution in [3.8, 4) is 5.88 Å². The summed E-state index contributed by atoms with van der Waals surface area (Å²) in [5.74, 6) is -1.17. The van der Waals surface area contributed by atoms with Crippen LogP contribution in [0, 0.1) is 0 Å². The summed E-state index contributed by atoms with van der Waals surface area (Å²) in [6.45, 7) is 0. The van der Waals surface area contributed by atoms with Crippen molar-refractivity contribution in [2.45, 2.75) is 0 Å². The maximum Gasteiger partial charge on any atom is 1.00 e. The summed E-state index contributed by atoms with van der Waals surface area (Å²) in [5, 5.41) is 21.3. The van der Waals surface area contributed by atoms with Crippen LogP contribution in [-0.2, 0) is 0 Å². The first-order valence-electron chi connectivity index (χ1n) is 2.55. The van der Waals surface area contributed by atoms with Gasteiger partial charge in [0.2, 0.25) is 0 Å².